The van der Waals surface area contributed by atoms with Crippen molar-refractivity contribution in [1.29, 1.82) is 0 Å². The van der Waals surface area contributed by atoms with E-state index in [4.69, 9.17) is 4.74 Å². The zero-order valence-corrected chi connectivity index (χ0v) is 25.9. The molecule has 2 aliphatic carbocycles. The van der Waals surface area contributed by atoms with E-state index in [1.54, 1.807) is 24.3 Å². The average Bonchev–Trinajstić information content (AvgIpc) is 3.85. The summed E-state index contributed by atoms with van der Waals surface area (Å²) in [6.45, 7) is 15.0. The Bertz CT molecular complexity index is 1700. The average molecular weight is 586 g/mol. The molecular weight excluding hydrogens is 545 g/mol. The summed E-state index contributed by atoms with van der Waals surface area (Å²) in [5.41, 5.74) is 9.87. The van der Waals surface area contributed by atoms with E-state index in [1.807, 2.05) is 26.8 Å². The molecule has 0 aliphatic heterocycles. The summed E-state index contributed by atoms with van der Waals surface area (Å²) >= 11 is 0. The molecule has 0 spiro atoms. The molecule has 0 radical (unpaired) electrons. The lowest BCUT2D eigenvalue weighted by Crippen LogP contribution is -2.21. The van der Waals surface area contributed by atoms with Gasteiger partial charge in [0.05, 0.1) is 12.0 Å². The minimum absolute atomic E-state index is 0.0657. The fourth-order valence-electron chi connectivity index (χ4n) is 5.73. The van der Waals surface area contributed by atoms with E-state index in [2.05, 4.69) is 73.1 Å². The highest BCUT2D eigenvalue weighted by atomic mass is 19.1. The zero-order valence-electron chi connectivity index (χ0n) is 25.9. The van der Waals surface area contributed by atoms with Gasteiger partial charge in [-0.25, -0.2) is 4.39 Å². The third-order valence-corrected chi connectivity index (χ3v) is 8.41. The van der Waals surface area contributed by atoms with Crippen LogP contribution in [0.2, 0.25) is 0 Å². The predicted molar refractivity (Wildman–Crippen MR) is 183 cm³/mol. The monoisotopic (exact) mass is 585 g/mol. The van der Waals surface area contributed by atoms with Crippen LogP contribution in [0.4, 0.5) is 10.1 Å². The van der Waals surface area contributed by atoms with Crippen LogP contribution in [0.25, 0.3) is 22.8 Å². The zero-order chi connectivity index (χ0) is 31.3. The van der Waals surface area contributed by atoms with Crippen molar-refractivity contribution in [3.8, 4) is 5.75 Å². The minimum Gasteiger partial charge on any atom is -0.493 e. The Balaban J connectivity index is 1.26. The number of anilines is 1. The molecule has 3 nitrogen and oxygen atoms in total. The number of hydrogen-bond acceptors (Lipinski definition) is 3. The molecule has 0 unspecified atom stereocenters. The number of rotatable bonds is 12. The summed E-state index contributed by atoms with van der Waals surface area (Å²) in [4.78, 5) is 13.2. The molecule has 224 valence electrons. The molecule has 44 heavy (non-hydrogen) atoms. The van der Waals surface area contributed by atoms with Gasteiger partial charge in [0.15, 0.2) is 5.78 Å². The molecule has 1 fully saturated rings. The van der Waals surface area contributed by atoms with Crippen LogP contribution in [-0.4, -0.2) is 12.4 Å². The normalized spacial score (nSPS) is 15.4. The summed E-state index contributed by atoms with van der Waals surface area (Å²) in [5.74, 6) is 0.620. The van der Waals surface area contributed by atoms with Gasteiger partial charge in [-0.3, -0.25) is 4.79 Å². The molecule has 0 bridgehead atoms. The van der Waals surface area contributed by atoms with E-state index in [9.17, 15) is 9.18 Å². The standard InChI is InChI=1S/C40H40FNO2/c1-6-38(40(23-24-40)39(43)22-16-30-12-18-32(41)19-13-30)42-33-20-14-29(15-21-33)11-17-31-10-8-9-28(5)35-26-37(44-7-2)34(27(3)4)25-36(31)35/h6,8-10,12-16,18-22,25-26,42H,3,5,7,11,17,23-24H2,1-2,4H3/b22-16+,38-6+. The van der Waals surface area contributed by atoms with Crippen LogP contribution in [0.15, 0.2) is 110 Å². The number of ketones is 1. The molecule has 0 saturated heterocycles. The summed E-state index contributed by atoms with van der Waals surface area (Å²) in [7, 11) is 0. The van der Waals surface area contributed by atoms with Crippen molar-refractivity contribution < 1.29 is 13.9 Å². The smallest absolute Gasteiger partial charge is 0.167 e. The van der Waals surface area contributed by atoms with Gasteiger partial charge < -0.3 is 10.1 Å². The number of allylic oxidation sites excluding steroid dienone is 9. The Hall–Kier alpha value is -4.70. The summed E-state index contributed by atoms with van der Waals surface area (Å²) in [6, 6.07) is 18.9. The maximum absolute atomic E-state index is 13.2. The number of carbonyl (C=O) groups excluding carboxylic acids is 1. The van der Waals surface area contributed by atoms with Gasteiger partial charge in [-0.2, -0.15) is 0 Å². The van der Waals surface area contributed by atoms with Gasteiger partial charge >= 0.3 is 0 Å². The lowest BCUT2D eigenvalue weighted by Gasteiger charge is -2.19. The number of hydrogen-bond donors (Lipinski definition) is 1. The molecular formula is C40H40FNO2. The summed E-state index contributed by atoms with van der Waals surface area (Å²) in [5, 5.41) is 3.52. The molecule has 1 N–H and O–H groups in total. The maximum atomic E-state index is 13.2. The first kappa shape index (κ1) is 30.7. The first-order chi connectivity index (χ1) is 21.2. The summed E-state index contributed by atoms with van der Waals surface area (Å²) in [6.07, 6.45) is 15.1. The van der Waals surface area contributed by atoms with Crippen LogP contribution in [0.1, 0.15) is 67.9 Å². The topological polar surface area (TPSA) is 38.3 Å². The van der Waals surface area contributed by atoms with Crippen molar-refractivity contribution in [2.45, 2.75) is 46.5 Å². The number of carbonyl (C=O) groups is 1. The van der Waals surface area contributed by atoms with Gasteiger partial charge in [0.1, 0.15) is 11.6 Å². The lowest BCUT2D eigenvalue weighted by molar-refractivity contribution is -0.118. The largest absolute Gasteiger partial charge is 0.493 e. The molecule has 1 saturated carbocycles. The predicted octanol–water partition coefficient (Wildman–Crippen LogP) is 10.2. The molecule has 0 aromatic heterocycles. The lowest BCUT2D eigenvalue weighted by atomic mass is 9.89. The molecule has 3 aromatic carbocycles. The van der Waals surface area contributed by atoms with Crippen LogP contribution in [0.5, 0.6) is 5.75 Å². The van der Waals surface area contributed by atoms with Gasteiger partial charge in [-0.15, -0.1) is 0 Å². The Morgan fingerprint density at radius 2 is 1.77 bits per heavy atom. The van der Waals surface area contributed by atoms with E-state index in [1.165, 1.54) is 28.8 Å². The van der Waals surface area contributed by atoms with E-state index >= 15 is 0 Å². The second-order valence-electron chi connectivity index (χ2n) is 11.5. The van der Waals surface area contributed by atoms with Gasteiger partial charge in [-0.1, -0.05) is 67.8 Å². The second-order valence-corrected chi connectivity index (χ2v) is 11.5. The highest BCUT2D eigenvalue weighted by Crippen LogP contribution is 2.53. The number of aryl methyl sites for hydroxylation is 1. The van der Waals surface area contributed by atoms with Crippen molar-refractivity contribution in [3.05, 3.63) is 144 Å². The van der Waals surface area contributed by atoms with E-state index in [0.29, 0.717) is 6.61 Å². The highest BCUT2D eigenvalue weighted by Gasteiger charge is 2.51. The third-order valence-electron chi connectivity index (χ3n) is 8.41. The molecule has 0 atom stereocenters. The number of halogens is 1. The van der Waals surface area contributed by atoms with Gasteiger partial charge in [-0.05, 0) is 128 Å². The molecule has 3 aromatic rings. The Labute approximate surface area is 260 Å². The van der Waals surface area contributed by atoms with E-state index in [0.717, 1.165) is 70.7 Å². The van der Waals surface area contributed by atoms with Crippen molar-refractivity contribution in [2.24, 2.45) is 5.41 Å². The molecule has 2 aliphatic rings. The number of ether oxygens (including phenoxy) is 1. The SMILES string of the molecule is C=C(C)c1cc2c(cc1OCC)C(=C)C=CC=C2CCc1ccc(N/C(=C/C)C2(C(=O)/C=C/c3ccc(F)cc3)CC2)cc1. The van der Waals surface area contributed by atoms with Crippen molar-refractivity contribution in [3.63, 3.8) is 0 Å². The van der Waals surface area contributed by atoms with E-state index in [-0.39, 0.29) is 11.6 Å². The van der Waals surface area contributed by atoms with Gasteiger partial charge in [0.25, 0.3) is 0 Å². The fraction of sp³-hybridized carbons (Fsp3) is 0.225. The Morgan fingerprint density at radius 3 is 2.41 bits per heavy atom. The number of nitrogens with one attached hydrogen (secondary N) is 1. The second kappa shape index (κ2) is 13.3. The molecule has 5 rings (SSSR count). The van der Waals surface area contributed by atoms with Crippen molar-refractivity contribution in [2.75, 3.05) is 11.9 Å². The van der Waals surface area contributed by atoms with Gasteiger partial charge in [0.2, 0.25) is 0 Å². The van der Waals surface area contributed by atoms with Crippen LogP contribution in [0.3, 0.4) is 0 Å². The third kappa shape index (κ3) is 6.75. The molecule has 0 heterocycles. The fourth-order valence-corrected chi connectivity index (χ4v) is 5.73. The van der Waals surface area contributed by atoms with Crippen LogP contribution in [-0.2, 0) is 11.2 Å². The number of fused-ring (bicyclic) bond motifs is 1. The molecule has 4 heteroatoms. The first-order valence-corrected chi connectivity index (χ1v) is 15.3. The molecule has 0 amide bonds. The highest BCUT2D eigenvalue weighted by molar-refractivity contribution is 6.02. The Kier molecular flexibility index (Phi) is 9.29. The van der Waals surface area contributed by atoms with E-state index < -0.39 is 5.41 Å². The quantitative estimate of drug-likeness (QED) is 0.215. The van der Waals surface area contributed by atoms with Crippen LogP contribution < -0.4 is 10.1 Å². The van der Waals surface area contributed by atoms with Crippen molar-refractivity contribution >= 4 is 34.3 Å². The number of benzene rings is 3. The summed E-state index contributed by atoms with van der Waals surface area (Å²) < 4.78 is 19.2. The minimum atomic E-state index is -0.522. The first-order valence-electron chi connectivity index (χ1n) is 15.3. The van der Waals surface area contributed by atoms with Crippen LogP contribution >= 0.6 is 0 Å². The van der Waals surface area contributed by atoms with Gasteiger partial charge in [0, 0.05) is 16.9 Å². The van der Waals surface area contributed by atoms with Crippen LogP contribution in [0, 0.1) is 11.2 Å². The van der Waals surface area contributed by atoms with Crippen molar-refractivity contribution in [1.82, 2.24) is 0 Å². The Morgan fingerprint density at radius 1 is 1.05 bits per heavy atom. The maximum Gasteiger partial charge on any atom is 0.167 e.